The van der Waals surface area contributed by atoms with Crippen molar-refractivity contribution in [1.29, 1.82) is 0 Å². The van der Waals surface area contributed by atoms with Crippen LogP contribution in [-0.4, -0.2) is 31.7 Å². The van der Waals surface area contributed by atoms with Gasteiger partial charge in [0.25, 0.3) is 0 Å². The van der Waals surface area contributed by atoms with E-state index in [2.05, 4.69) is 15.0 Å². The standard InChI is InChI=1S/C12H21N3O2S2/c1-9-10(2)18-12(14-9)15-19(16,17)8-6-11-5-3-4-7-13-11/h11,13H,3-8H2,1-2H3,(H,14,15). The van der Waals surface area contributed by atoms with E-state index in [-0.39, 0.29) is 5.75 Å². The summed E-state index contributed by atoms with van der Waals surface area (Å²) >= 11 is 1.39. The molecule has 7 heteroatoms. The molecule has 0 radical (unpaired) electrons. The van der Waals surface area contributed by atoms with Crippen molar-refractivity contribution in [3.05, 3.63) is 10.6 Å². The van der Waals surface area contributed by atoms with Crippen molar-refractivity contribution in [2.24, 2.45) is 0 Å². The Kier molecular flexibility index (Phi) is 4.81. The van der Waals surface area contributed by atoms with Crippen molar-refractivity contribution in [2.45, 2.75) is 45.6 Å². The minimum Gasteiger partial charge on any atom is -0.314 e. The number of piperidine rings is 1. The first-order valence-electron chi connectivity index (χ1n) is 6.64. The molecule has 0 bridgehead atoms. The lowest BCUT2D eigenvalue weighted by Gasteiger charge is -2.23. The number of aromatic nitrogens is 1. The van der Waals surface area contributed by atoms with Gasteiger partial charge in [0, 0.05) is 10.9 Å². The fraction of sp³-hybridized carbons (Fsp3) is 0.750. The van der Waals surface area contributed by atoms with Gasteiger partial charge < -0.3 is 5.32 Å². The summed E-state index contributed by atoms with van der Waals surface area (Å²) in [5.74, 6) is 0.155. The highest BCUT2D eigenvalue weighted by molar-refractivity contribution is 7.92. The summed E-state index contributed by atoms with van der Waals surface area (Å²) in [6.45, 7) is 4.83. The first-order chi connectivity index (χ1) is 8.96. The van der Waals surface area contributed by atoms with Crippen LogP contribution in [-0.2, 0) is 10.0 Å². The molecule has 108 valence electrons. The van der Waals surface area contributed by atoms with Gasteiger partial charge >= 0.3 is 0 Å². The number of thiazole rings is 1. The van der Waals surface area contributed by atoms with Crippen LogP contribution >= 0.6 is 11.3 Å². The molecule has 1 aliphatic heterocycles. The molecule has 1 unspecified atom stereocenters. The summed E-state index contributed by atoms with van der Waals surface area (Å²) in [5, 5.41) is 3.84. The van der Waals surface area contributed by atoms with Gasteiger partial charge in [-0.3, -0.25) is 4.72 Å². The molecule has 0 aliphatic carbocycles. The maximum absolute atomic E-state index is 12.0. The van der Waals surface area contributed by atoms with Gasteiger partial charge in [0.2, 0.25) is 10.0 Å². The molecule has 1 aromatic heterocycles. The zero-order valence-corrected chi connectivity index (χ0v) is 13.0. The highest BCUT2D eigenvalue weighted by Gasteiger charge is 2.18. The van der Waals surface area contributed by atoms with Crippen LogP contribution in [0.3, 0.4) is 0 Å². The van der Waals surface area contributed by atoms with Crippen LogP contribution in [0.4, 0.5) is 5.13 Å². The van der Waals surface area contributed by atoms with Crippen LogP contribution in [0.5, 0.6) is 0 Å². The number of nitrogens with one attached hydrogen (secondary N) is 2. The molecular weight excluding hydrogens is 282 g/mol. The quantitative estimate of drug-likeness (QED) is 0.873. The van der Waals surface area contributed by atoms with Crippen LogP contribution < -0.4 is 10.0 Å². The lowest BCUT2D eigenvalue weighted by atomic mass is 10.0. The Morgan fingerprint density at radius 3 is 2.79 bits per heavy atom. The number of aryl methyl sites for hydroxylation is 2. The van der Waals surface area contributed by atoms with Crippen LogP contribution in [0.1, 0.15) is 36.3 Å². The number of anilines is 1. The minimum absolute atomic E-state index is 0.155. The SMILES string of the molecule is Cc1nc(NS(=O)(=O)CCC2CCCCN2)sc1C. The van der Waals surface area contributed by atoms with Crippen molar-refractivity contribution >= 4 is 26.5 Å². The molecular formula is C12H21N3O2S2. The highest BCUT2D eigenvalue weighted by Crippen LogP contribution is 2.22. The van der Waals surface area contributed by atoms with Gasteiger partial charge in [-0.15, -0.1) is 11.3 Å². The molecule has 0 amide bonds. The van der Waals surface area contributed by atoms with Gasteiger partial charge in [-0.1, -0.05) is 6.42 Å². The van der Waals surface area contributed by atoms with E-state index in [1.54, 1.807) is 0 Å². The fourth-order valence-electron chi connectivity index (χ4n) is 2.17. The number of sulfonamides is 1. The third-order valence-electron chi connectivity index (χ3n) is 3.42. The predicted molar refractivity (Wildman–Crippen MR) is 79.3 cm³/mol. The molecule has 1 saturated heterocycles. The summed E-state index contributed by atoms with van der Waals surface area (Å²) in [6.07, 6.45) is 4.12. The Balaban J connectivity index is 1.87. The van der Waals surface area contributed by atoms with Gasteiger partial charge in [-0.25, -0.2) is 13.4 Å². The van der Waals surface area contributed by atoms with E-state index < -0.39 is 10.0 Å². The Labute approximate surface area is 118 Å². The van der Waals surface area contributed by atoms with E-state index in [1.807, 2.05) is 13.8 Å². The molecule has 1 aromatic rings. The second-order valence-corrected chi connectivity index (χ2v) is 8.06. The molecule has 0 saturated carbocycles. The first kappa shape index (κ1) is 14.7. The molecule has 2 rings (SSSR count). The van der Waals surface area contributed by atoms with E-state index in [4.69, 9.17) is 0 Å². The third kappa shape index (κ3) is 4.43. The second-order valence-electron chi connectivity index (χ2n) is 5.02. The van der Waals surface area contributed by atoms with Crippen LogP contribution in [0.25, 0.3) is 0 Å². The smallest absolute Gasteiger partial charge is 0.234 e. The maximum atomic E-state index is 12.0. The molecule has 2 heterocycles. The van der Waals surface area contributed by atoms with Crippen LogP contribution in [0.2, 0.25) is 0 Å². The molecule has 0 spiro atoms. The lowest BCUT2D eigenvalue weighted by Crippen LogP contribution is -2.36. The molecule has 0 aromatic carbocycles. The summed E-state index contributed by atoms with van der Waals surface area (Å²) < 4.78 is 26.6. The topological polar surface area (TPSA) is 71.1 Å². The van der Waals surface area contributed by atoms with E-state index in [0.29, 0.717) is 17.6 Å². The van der Waals surface area contributed by atoms with Crippen molar-refractivity contribution < 1.29 is 8.42 Å². The average molecular weight is 303 g/mol. The molecule has 1 aliphatic rings. The molecule has 19 heavy (non-hydrogen) atoms. The molecule has 1 atom stereocenters. The molecule has 1 fully saturated rings. The number of rotatable bonds is 5. The number of hydrogen-bond donors (Lipinski definition) is 2. The first-order valence-corrected chi connectivity index (χ1v) is 9.11. The van der Waals surface area contributed by atoms with Crippen LogP contribution in [0.15, 0.2) is 0 Å². The van der Waals surface area contributed by atoms with E-state index in [1.165, 1.54) is 24.2 Å². The van der Waals surface area contributed by atoms with E-state index >= 15 is 0 Å². The summed E-state index contributed by atoms with van der Waals surface area (Å²) in [6, 6.07) is 0.338. The summed E-state index contributed by atoms with van der Waals surface area (Å²) in [5.41, 5.74) is 0.886. The Hall–Kier alpha value is -0.660. The van der Waals surface area contributed by atoms with Gasteiger partial charge in [0.15, 0.2) is 5.13 Å². The second kappa shape index (κ2) is 6.19. The van der Waals surface area contributed by atoms with Crippen molar-refractivity contribution in [1.82, 2.24) is 10.3 Å². The molecule has 2 N–H and O–H groups in total. The van der Waals surface area contributed by atoms with Crippen molar-refractivity contribution in [2.75, 3.05) is 17.0 Å². The lowest BCUT2D eigenvalue weighted by molar-refractivity contribution is 0.393. The summed E-state index contributed by atoms with van der Waals surface area (Å²) in [7, 11) is -3.28. The van der Waals surface area contributed by atoms with Crippen molar-refractivity contribution in [3.8, 4) is 0 Å². The zero-order chi connectivity index (χ0) is 13.9. The number of hydrogen-bond acceptors (Lipinski definition) is 5. The minimum atomic E-state index is -3.28. The van der Waals surface area contributed by atoms with E-state index in [9.17, 15) is 8.42 Å². The maximum Gasteiger partial charge on any atom is 0.234 e. The van der Waals surface area contributed by atoms with Gasteiger partial charge in [-0.05, 0) is 39.7 Å². The molecule has 5 nitrogen and oxygen atoms in total. The van der Waals surface area contributed by atoms with Gasteiger partial charge in [-0.2, -0.15) is 0 Å². The third-order valence-corrected chi connectivity index (χ3v) is 5.81. The fourth-order valence-corrected chi connectivity index (χ4v) is 4.39. The van der Waals surface area contributed by atoms with E-state index in [0.717, 1.165) is 23.5 Å². The Bertz CT molecular complexity index is 500. The zero-order valence-electron chi connectivity index (χ0n) is 11.4. The van der Waals surface area contributed by atoms with Crippen molar-refractivity contribution in [3.63, 3.8) is 0 Å². The predicted octanol–water partition coefficient (Wildman–Crippen LogP) is 2.03. The summed E-state index contributed by atoms with van der Waals surface area (Å²) in [4.78, 5) is 5.25. The normalized spacial score (nSPS) is 20.4. The Morgan fingerprint density at radius 2 is 2.21 bits per heavy atom. The monoisotopic (exact) mass is 303 g/mol. The van der Waals surface area contributed by atoms with Crippen LogP contribution in [0, 0.1) is 13.8 Å². The highest BCUT2D eigenvalue weighted by atomic mass is 32.2. The number of nitrogens with zero attached hydrogens (tertiary/aromatic N) is 1. The average Bonchev–Trinajstić information content (AvgIpc) is 2.66. The largest absolute Gasteiger partial charge is 0.314 e. The van der Waals surface area contributed by atoms with Gasteiger partial charge in [0.1, 0.15) is 0 Å². The van der Waals surface area contributed by atoms with Gasteiger partial charge in [0.05, 0.1) is 11.4 Å². The Morgan fingerprint density at radius 1 is 1.42 bits per heavy atom.